The number of thiophene rings is 1. The first kappa shape index (κ1) is 14.2. The summed E-state index contributed by atoms with van der Waals surface area (Å²) >= 11 is 5.14. The minimum absolute atomic E-state index is 0.156. The highest BCUT2D eigenvalue weighted by Gasteiger charge is 2.33. The number of hydrogen-bond donors (Lipinski definition) is 1. The molecule has 1 heterocycles. The van der Waals surface area contributed by atoms with Gasteiger partial charge in [-0.15, -0.1) is 11.3 Å². The average Bonchev–Trinajstić information content (AvgIpc) is 2.62. The van der Waals surface area contributed by atoms with Crippen LogP contribution in [0.1, 0.15) is 25.1 Å². The molecule has 0 fully saturated rings. The molecular weight excluding hydrogens is 286 g/mol. The van der Waals surface area contributed by atoms with Crippen LogP contribution in [0.4, 0.5) is 0 Å². The molecule has 0 spiro atoms. The minimum atomic E-state index is -0.335. The van der Waals surface area contributed by atoms with Crippen LogP contribution in [0.3, 0.4) is 0 Å². The molecule has 2 unspecified atom stereocenters. The number of nitrogens with zero attached hydrogens (tertiary/aromatic N) is 1. The van der Waals surface area contributed by atoms with E-state index < -0.39 is 0 Å². The van der Waals surface area contributed by atoms with Gasteiger partial charge in [0.25, 0.3) is 0 Å². The summed E-state index contributed by atoms with van der Waals surface area (Å²) in [5, 5.41) is 10.4. The highest BCUT2D eigenvalue weighted by atomic mass is 79.9. The van der Waals surface area contributed by atoms with E-state index >= 15 is 0 Å². The fourth-order valence-electron chi connectivity index (χ4n) is 1.72. The lowest BCUT2D eigenvalue weighted by Crippen LogP contribution is -2.51. The van der Waals surface area contributed by atoms with Gasteiger partial charge in [0.15, 0.2) is 0 Å². The second-order valence-electron chi connectivity index (χ2n) is 4.53. The molecule has 1 aromatic heterocycles. The molecule has 1 N–H and O–H groups in total. The molecule has 2 atom stereocenters. The molecule has 1 aromatic rings. The van der Waals surface area contributed by atoms with E-state index in [0.29, 0.717) is 0 Å². The van der Waals surface area contributed by atoms with Crippen molar-refractivity contribution < 1.29 is 5.11 Å². The Morgan fingerprint density at radius 1 is 1.50 bits per heavy atom. The van der Waals surface area contributed by atoms with E-state index in [4.69, 9.17) is 0 Å². The van der Waals surface area contributed by atoms with Gasteiger partial charge in [-0.3, -0.25) is 0 Å². The predicted molar refractivity (Wildman–Crippen MR) is 74.1 cm³/mol. The van der Waals surface area contributed by atoms with Gasteiger partial charge in [-0.1, -0.05) is 6.92 Å². The summed E-state index contributed by atoms with van der Waals surface area (Å²) in [7, 11) is 4.05. The van der Waals surface area contributed by atoms with Gasteiger partial charge in [0.1, 0.15) is 0 Å². The van der Waals surface area contributed by atoms with Crippen molar-refractivity contribution in [3.63, 3.8) is 0 Å². The van der Waals surface area contributed by atoms with Gasteiger partial charge in [0.05, 0.1) is 9.89 Å². The maximum Gasteiger partial charge on any atom is 0.0768 e. The Labute approximate surface area is 110 Å². The normalized spacial score (nSPS) is 17.4. The van der Waals surface area contributed by atoms with Crippen molar-refractivity contribution in [1.82, 2.24) is 4.90 Å². The van der Waals surface area contributed by atoms with Crippen LogP contribution in [-0.2, 0) is 6.42 Å². The van der Waals surface area contributed by atoms with Gasteiger partial charge in [-0.05, 0) is 55.5 Å². The second-order valence-corrected chi connectivity index (χ2v) is 7.08. The molecule has 0 aliphatic heterocycles. The van der Waals surface area contributed by atoms with Crippen LogP contribution in [0, 0.1) is 0 Å². The van der Waals surface area contributed by atoms with E-state index in [2.05, 4.69) is 40.7 Å². The van der Waals surface area contributed by atoms with E-state index in [9.17, 15) is 5.11 Å². The smallest absolute Gasteiger partial charge is 0.0768 e. The summed E-state index contributed by atoms with van der Waals surface area (Å²) in [4.78, 5) is 3.33. The summed E-state index contributed by atoms with van der Waals surface area (Å²) in [6.45, 7) is 4.23. The molecule has 4 heteroatoms. The van der Waals surface area contributed by atoms with Gasteiger partial charge in [0, 0.05) is 16.8 Å². The Morgan fingerprint density at radius 2 is 2.12 bits per heavy atom. The molecule has 0 amide bonds. The van der Waals surface area contributed by atoms with Crippen LogP contribution in [0.25, 0.3) is 0 Å². The molecule has 0 aromatic carbocycles. The lowest BCUT2D eigenvalue weighted by atomic mass is 9.88. The molecule has 0 saturated carbocycles. The summed E-state index contributed by atoms with van der Waals surface area (Å²) in [5.74, 6) is 0. The molecule has 92 valence electrons. The Morgan fingerprint density at radius 3 is 2.50 bits per heavy atom. The first-order valence-corrected chi connectivity index (χ1v) is 7.10. The van der Waals surface area contributed by atoms with Crippen LogP contribution in [0.5, 0.6) is 0 Å². The zero-order valence-electron chi connectivity index (χ0n) is 10.3. The van der Waals surface area contributed by atoms with Gasteiger partial charge in [0.2, 0.25) is 0 Å². The van der Waals surface area contributed by atoms with Crippen molar-refractivity contribution in [1.29, 1.82) is 0 Å². The monoisotopic (exact) mass is 305 g/mol. The van der Waals surface area contributed by atoms with Gasteiger partial charge < -0.3 is 10.0 Å². The largest absolute Gasteiger partial charge is 0.391 e. The fraction of sp³-hybridized carbons (Fsp3) is 0.667. The molecule has 0 aliphatic rings. The first-order chi connectivity index (χ1) is 7.40. The van der Waals surface area contributed by atoms with Crippen LogP contribution in [0.15, 0.2) is 15.9 Å². The number of rotatable bonds is 5. The topological polar surface area (TPSA) is 23.5 Å². The molecule has 0 saturated heterocycles. The quantitative estimate of drug-likeness (QED) is 0.903. The summed E-state index contributed by atoms with van der Waals surface area (Å²) in [5.41, 5.74) is -0.156. The predicted octanol–water partition coefficient (Wildman–Crippen LogP) is 3.14. The van der Waals surface area contributed by atoms with Crippen molar-refractivity contribution in [3.8, 4) is 0 Å². The SMILES string of the molecule is CCC(C)(C(O)Cc1ccc(Br)s1)N(C)C. The highest BCUT2D eigenvalue weighted by molar-refractivity contribution is 9.11. The van der Waals surface area contributed by atoms with Gasteiger partial charge in [-0.2, -0.15) is 0 Å². The van der Waals surface area contributed by atoms with Crippen molar-refractivity contribution in [2.75, 3.05) is 14.1 Å². The fourth-order valence-corrected chi connectivity index (χ4v) is 3.24. The van der Waals surface area contributed by atoms with E-state index in [-0.39, 0.29) is 11.6 Å². The van der Waals surface area contributed by atoms with Crippen LogP contribution in [-0.4, -0.2) is 35.7 Å². The third kappa shape index (κ3) is 3.06. The number of aliphatic hydroxyl groups is 1. The van der Waals surface area contributed by atoms with Crippen LogP contribution in [0.2, 0.25) is 0 Å². The Kier molecular flexibility index (Phi) is 4.98. The molecule has 1 rings (SSSR count). The van der Waals surface area contributed by atoms with Crippen molar-refractivity contribution in [2.45, 2.75) is 38.3 Å². The minimum Gasteiger partial charge on any atom is -0.391 e. The van der Waals surface area contributed by atoms with E-state index in [0.717, 1.165) is 16.6 Å². The molecule has 0 radical (unpaired) electrons. The Hall–Kier alpha value is 0.1000. The Bertz CT molecular complexity index is 340. The lowest BCUT2D eigenvalue weighted by Gasteiger charge is -2.39. The zero-order valence-corrected chi connectivity index (χ0v) is 12.7. The second kappa shape index (κ2) is 5.63. The molecule has 0 bridgehead atoms. The average molecular weight is 306 g/mol. The zero-order chi connectivity index (χ0) is 12.3. The van der Waals surface area contributed by atoms with Crippen LogP contribution < -0.4 is 0 Å². The number of aliphatic hydroxyl groups excluding tert-OH is 1. The summed E-state index contributed by atoms with van der Waals surface area (Å²) < 4.78 is 1.12. The van der Waals surface area contributed by atoms with Crippen molar-refractivity contribution in [3.05, 3.63) is 20.8 Å². The van der Waals surface area contributed by atoms with E-state index in [1.165, 1.54) is 4.88 Å². The molecule has 0 aliphatic carbocycles. The summed E-state index contributed by atoms with van der Waals surface area (Å²) in [6.07, 6.45) is 1.32. The number of likely N-dealkylation sites (N-methyl/N-ethyl adjacent to an activating group) is 1. The van der Waals surface area contributed by atoms with E-state index in [1.54, 1.807) is 11.3 Å². The third-order valence-electron chi connectivity index (χ3n) is 3.48. The van der Waals surface area contributed by atoms with Gasteiger partial charge >= 0.3 is 0 Å². The highest BCUT2D eigenvalue weighted by Crippen LogP contribution is 2.28. The Balaban J connectivity index is 2.73. The lowest BCUT2D eigenvalue weighted by molar-refractivity contribution is 0.00346. The standard InChI is InChI=1S/C12H20BrNOS/c1-5-12(2,14(3)4)10(15)8-9-6-7-11(13)16-9/h6-7,10,15H,5,8H2,1-4H3. The van der Waals surface area contributed by atoms with Crippen LogP contribution >= 0.6 is 27.3 Å². The van der Waals surface area contributed by atoms with Gasteiger partial charge in [-0.25, -0.2) is 0 Å². The van der Waals surface area contributed by atoms with Crippen molar-refractivity contribution in [2.24, 2.45) is 0 Å². The maximum absolute atomic E-state index is 10.4. The first-order valence-electron chi connectivity index (χ1n) is 5.50. The maximum atomic E-state index is 10.4. The number of halogens is 1. The third-order valence-corrected chi connectivity index (χ3v) is 5.12. The summed E-state index contributed by atoms with van der Waals surface area (Å²) in [6, 6.07) is 4.11. The molecule has 16 heavy (non-hydrogen) atoms. The molecular formula is C12H20BrNOS. The van der Waals surface area contributed by atoms with E-state index in [1.807, 2.05) is 20.2 Å². The molecule has 2 nitrogen and oxygen atoms in total. The number of hydrogen-bond acceptors (Lipinski definition) is 3. The van der Waals surface area contributed by atoms with Crippen molar-refractivity contribution >= 4 is 27.3 Å².